The Balaban J connectivity index is 1.68. The maximum atomic E-state index is 16.2. The molecule has 0 unspecified atom stereocenters. The van der Waals surface area contributed by atoms with Gasteiger partial charge in [-0.05, 0) is 28.8 Å². The van der Waals surface area contributed by atoms with Crippen LogP contribution in [0.25, 0.3) is 32.9 Å². The Morgan fingerprint density at radius 3 is 2.85 bits per heavy atom. The number of hydrogen-bond acceptors (Lipinski definition) is 7. The van der Waals surface area contributed by atoms with Crippen LogP contribution in [0.4, 0.5) is 14.6 Å². The molecule has 1 fully saturated rings. The molecule has 9 heteroatoms. The van der Waals surface area contributed by atoms with E-state index in [4.69, 9.17) is 9.47 Å². The number of anilines is 1. The van der Waals surface area contributed by atoms with Gasteiger partial charge >= 0.3 is 6.01 Å². The van der Waals surface area contributed by atoms with Crippen molar-refractivity contribution in [3.63, 3.8) is 0 Å². The lowest BCUT2D eigenvalue weighted by Crippen LogP contribution is -2.53. The zero-order chi connectivity index (χ0) is 23.4. The average molecular weight is 463 g/mol. The van der Waals surface area contributed by atoms with Crippen molar-refractivity contribution < 1.29 is 18.3 Å². The molecule has 0 amide bonds. The molecule has 1 N–H and O–H groups in total. The molecule has 6 rings (SSSR count). The van der Waals surface area contributed by atoms with Crippen LogP contribution in [0.3, 0.4) is 0 Å². The minimum atomic E-state index is -0.614. The fraction of sp³-hybridized carbons (Fsp3) is 0.320. The molecule has 1 saturated heterocycles. The molecule has 4 aromatic rings. The number of ether oxygens (including phenoxy) is 2. The Hall–Kier alpha value is -3.59. The van der Waals surface area contributed by atoms with Gasteiger partial charge in [0.05, 0.1) is 13.2 Å². The van der Waals surface area contributed by atoms with E-state index in [-0.39, 0.29) is 35.0 Å². The molecule has 2 aromatic heterocycles. The summed E-state index contributed by atoms with van der Waals surface area (Å²) < 4.78 is 42.4. The Bertz CT molecular complexity index is 1440. The van der Waals surface area contributed by atoms with E-state index in [1.165, 1.54) is 13.2 Å². The Kier molecular flexibility index (Phi) is 4.95. The summed E-state index contributed by atoms with van der Waals surface area (Å²) in [6, 6.07) is 8.69. The van der Waals surface area contributed by atoms with Gasteiger partial charge in [-0.15, -0.1) is 0 Å². The predicted octanol–water partition coefficient (Wildman–Crippen LogP) is 3.86. The van der Waals surface area contributed by atoms with Crippen LogP contribution in [-0.4, -0.2) is 54.3 Å². The highest BCUT2D eigenvalue weighted by molar-refractivity contribution is 6.02. The molecule has 34 heavy (non-hydrogen) atoms. The first-order valence-electron chi connectivity index (χ1n) is 11.4. The summed E-state index contributed by atoms with van der Waals surface area (Å²) in [6.45, 7) is 4.41. The Labute approximate surface area is 194 Å². The van der Waals surface area contributed by atoms with E-state index in [1.54, 1.807) is 12.1 Å². The number of pyridine rings is 1. The molecule has 0 radical (unpaired) electrons. The first kappa shape index (κ1) is 21.0. The second-order valence-electron chi connectivity index (χ2n) is 8.48. The molecule has 174 valence electrons. The van der Waals surface area contributed by atoms with Crippen molar-refractivity contribution in [1.82, 2.24) is 20.3 Å². The largest absolute Gasteiger partial charge is 0.475 e. The van der Waals surface area contributed by atoms with E-state index in [0.29, 0.717) is 53.8 Å². The van der Waals surface area contributed by atoms with Crippen molar-refractivity contribution in [2.45, 2.75) is 19.4 Å². The van der Waals surface area contributed by atoms with E-state index < -0.39 is 5.82 Å². The Morgan fingerprint density at radius 1 is 1.15 bits per heavy atom. The highest BCUT2D eigenvalue weighted by atomic mass is 19.1. The number of nitrogens with one attached hydrogen (secondary N) is 1. The number of piperazine rings is 1. The van der Waals surface area contributed by atoms with Crippen LogP contribution in [0.15, 0.2) is 30.3 Å². The summed E-state index contributed by atoms with van der Waals surface area (Å²) in [5, 5.41) is 5.24. The zero-order valence-corrected chi connectivity index (χ0v) is 18.9. The van der Waals surface area contributed by atoms with Gasteiger partial charge in [-0.1, -0.05) is 31.2 Å². The molecule has 2 aliphatic heterocycles. The number of aryl methyl sites for hydroxylation is 1. The first-order valence-corrected chi connectivity index (χ1v) is 11.4. The molecule has 2 aromatic carbocycles. The summed E-state index contributed by atoms with van der Waals surface area (Å²) in [5.74, 6) is -0.118. The van der Waals surface area contributed by atoms with E-state index in [9.17, 15) is 4.39 Å². The molecule has 0 bridgehead atoms. The topological polar surface area (TPSA) is 72.4 Å². The fourth-order valence-electron chi connectivity index (χ4n) is 5.02. The number of benzene rings is 2. The fourth-order valence-corrected chi connectivity index (χ4v) is 5.02. The van der Waals surface area contributed by atoms with Crippen molar-refractivity contribution in [2.24, 2.45) is 0 Å². The molecule has 0 saturated carbocycles. The normalized spacial score (nSPS) is 17.4. The smallest absolute Gasteiger partial charge is 0.318 e. The number of nitrogens with zero attached hydrogens (tertiary/aromatic N) is 4. The van der Waals surface area contributed by atoms with Crippen LogP contribution >= 0.6 is 0 Å². The van der Waals surface area contributed by atoms with Crippen LogP contribution < -0.4 is 19.7 Å². The molecule has 0 spiro atoms. The van der Waals surface area contributed by atoms with Gasteiger partial charge in [-0.2, -0.15) is 9.97 Å². The van der Waals surface area contributed by atoms with Gasteiger partial charge in [-0.3, -0.25) is 0 Å². The quantitative estimate of drug-likeness (QED) is 0.495. The van der Waals surface area contributed by atoms with Crippen molar-refractivity contribution in [3.05, 3.63) is 47.5 Å². The average Bonchev–Trinajstić information content (AvgIpc) is 3.03. The van der Waals surface area contributed by atoms with Crippen LogP contribution in [0.5, 0.6) is 11.9 Å². The molecule has 1 atom stereocenters. The van der Waals surface area contributed by atoms with E-state index >= 15 is 4.39 Å². The zero-order valence-electron chi connectivity index (χ0n) is 18.9. The molecular weight excluding hydrogens is 440 g/mol. The molecule has 0 aliphatic carbocycles. The van der Waals surface area contributed by atoms with Crippen LogP contribution in [0, 0.1) is 11.6 Å². The lowest BCUT2D eigenvalue weighted by Gasteiger charge is -2.35. The summed E-state index contributed by atoms with van der Waals surface area (Å²) in [4.78, 5) is 15.7. The summed E-state index contributed by atoms with van der Waals surface area (Å²) >= 11 is 0. The van der Waals surface area contributed by atoms with Gasteiger partial charge in [0.25, 0.3) is 0 Å². The van der Waals surface area contributed by atoms with Crippen LogP contribution in [-0.2, 0) is 6.42 Å². The second kappa shape index (κ2) is 8.02. The van der Waals surface area contributed by atoms with Gasteiger partial charge in [-0.25, -0.2) is 13.8 Å². The first-order chi connectivity index (χ1) is 16.6. The second-order valence-corrected chi connectivity index (χ2v) is 8.48. The maximum Gasteiger partial charge on any atom is 0.318 e. The third-order valence-corrected chi connectivity index (χ3v) is 6.63. The Morgan fingerprint density at radius 2 is 2.03 bits per heavy atom. The van der Waals surface area contributed by atoms with Gasteiger partial charge in [0.1, 0.15) is 34.8 Å². The lowest BCUT2D eigenvalue weighted by atomic mass is 9.95. The van der Waals surface area contributed by atoms with Crippen molar-refractivity contribution in [3.8, 4) is 23.1 Å². The predicted molar refractivity (Wildman–Crippen MR) is 126 cm³/mol. The lowest BCUT2D eigenvalue weighted by molar-refractivity contribution is 0.266. The molecule has 2 aliphatic rings. The number of rotatable bonds is 3. The minimum Gasteiger partial charge on any atom is -0.475 e. The number of aromatic nitrogens is 3. The van der Waals surface area contributed by atoms with Crippen molar-refractivity contribution >= 4 is 27.5 Å². The highest BCUT2D eigenvalue weighted by Gasteiger charge is 2.33. The van der Waals surface area contributed by atoms with Crippen molar-refractivity contribution in [1.29, 1.82) is 0 Å². The van der Waals surface area contributed by atoms with Crippen molar-refractivity contribution in [2.75, 3.05) is 38.3 Å². The van der Waals surface area contributed by atoms with Gasteiger partial charge in [0.15, 0.2) is 5.82 Å². The van der Waals surface area contributed by atoms with Gasteiger partial charge in [0, 0.05) is 25.2 Å². The third-order valence-electron chi connectivity index (χ3n) is 6.63. The molecule has 7 nitrogen and oxygen atoms in total. The van der Waals surface area contributed by atoms with E-state index in [2.05, 4.69) is 25.2 Å². The monoisotopic (exact) mass is 463 g/mol. The summed E-state index contributed by atoms with van der Waals surface area (Å²) in [7, 11) is 1.46. The van der Waals surface area contributed by atoms with Crippen LogP contribution in [0.2, 0.25) is 0 Å². The van der Waals surface area contributed by atoms with Gasteiger partial charge < -0.3 is 19.7 Å². The summed E-state index contributed by atoms with van der Waals surface area (Å²) in [6.07, 6.45) is 0.461. The van der Waals surface area contributed by atoms with E-state index in [0.717, 1.165) is 11.9 Å². The number of fused-ring (bicyclic) bond motifs is 3. The van der Waals surface area contributed by atoms with E-state index in [1.807, 2.05) is 19.1 Å². The third kappa shape index (κ3) is 3.07. The number of methoxy groups -OCH3 is 1. The SMILES string of the molecule is CCc1c(F)ccc2cccc(-c3nc4c5c(nc(OC)nc5c3F)N3CCNC[C@H]3CO4)c12. The molecule has 4 heterocycles. The summed E-state index contributed by atoms with van der Waals surface area (Å²) in [5.41, 5.74) is 1.16. The standard InChI is InChI=1S/C25H23F2N5O2/c1-3-15-17(26)8-7-13-5-4-6-16(18(13)15)21-20(27)22-19-23(31-25(30-22)33-2)32-10-9-28-11-14(32)12-34-24(19)29-21/h4-8,14,28H,3,9-12H2,1-2H3/t14-/m0/s1. The maximum absolute atomic E-state index is 16.2. The molecular formula is C25H23F2N5O2. The van der Waals surface area contributed by atoms with Crippen LogP contribution in [0.1, 0.15) is 12.5 Å². The number of hydrogen-bond donors (Lipinski definition) is 1. The van der Waals surface area contributed by atoms with Gasteiger partial charge in [0.2, 0.25) is 5.88 Å². The number of halogens is 2. The highest BCUT2D eigenvalue weighted by Crippen LogP contribution is 2.42. The minimum absolute atomic E-state index is 0.00983.